The maximum atomic E-state index is 12.6. The van der Waals surface area contributed by atoms with E-state index < -0.39 is 23.7 Å². The summed E-state index contributed by atoms with van der Waals surface area (Å²) in [5.41, 5.74) is 0.130. The van der Waals surface area contributed by atoms with Gasteiger partial charge in [-0.25, -0.2) is 0 Å². The number of nitrogens with zero attached hydrogens (tertiary/aromatic N) is 1. The molecule has 2 amide bonds. The average molecular weight is 366 g/mol. The lowest BCUT2D eigenvalue weighted by molar-refractivity contribution is -0.136. The fraction of sp³-hybridized carbons (Fsp3) is 0.471. The molecule has 136 valence electrons. The van der Waals surface area contributed by atoms with Gasteiger partial charge in [0.05, 0.1) is 0 Å². The molecule has 1 aromatic rings. The molecule has 0 saturated carbocycles. The Kier molecular flexibility index (Phi) is 6.30. The van der Waals surface area contributed by atoms with Crippen molar-refractivity contribution in [3.05, 3.63) is 23.8 Å². The van der Waals surface area contributed by atoms with E-state index in [0.717, 1.165) is 12.5 Å². The predicted molar refractivity (Wildman–Crippen MR) is 94.6 cm³/mol. The average Bonchev–Trinajstić information content (AvgIpc) is 3.06. The topological polar surface area (TPSA) is 107 Å². The summed E-state index contributed by atoms with van der Waals surface area (Å²) in [6.45, 7) is 3.95. The molecule has 1 aromatic carbocycles. The largest absolute Gasteiger partial charge is 0.504 e. The van der Waals surface area contributed by atoms with Crippen LogP contribution in [0.1, 0.15) is 37.0 Å². The second-order valence-electron chi connectivity index (χ2n) is 5.84. The Morgan fingerprint density at radius 2 is 2.04 bits per heavy atom. The van der Waals surface area contributed by atoms with Crippen molar-refractivity contribution < 1.29 is 24.6 Å². The molecule has 0 spiro atoms. The Labute approximate surface area is 150 Å². The smallest absolute Gasteiger partial charge is 0.252 e. The molecule has 2 atom stereocenters. The Morgan fingerprint density at radius 1 is 1.32 bits per heavy atom. The van der Waals surface area contributed by atoms with E-state index >= 15 is 0 Å². The van der Waals surface area contributed by atoms with E-state index in [1.807, 2.05) is 6.92 Å². The number of phenolic OH excluding ortho intramolecular Hbond substituents is 2. The number of carbonyl (C=O) groups excluding carboxylic acids is 3. The van der Waals surface area contributed by atoms with Gasteiger partial charge in [0.2, 0.25) is 11.0 Å². The summed E-state index contributed by atoms with van der Waals surface area (Å²) < 4.78 is 0. The van der Waals surface area contributed by atoms with Crippen molar-refractivity contribution in [3.8, 4) is 11.5 Å². The molecule has 1 heterocycles. The second kappa shape index (κ2) is 8.24. The number of phenols is 2. The minimum Gasteiger partial charge on any atom is -0.504 e. The van der Waals surface area contributed by atoms with Gasteiger partial charge < -0.3 is 20.4 Å². The van der Waals surface area contributed by atoms with Crippen molar-refractivity contribution >= 4 is 28.7 Å². The fourth-order valence-corrected chi connectivity index (χ4v) is 3.49. The molecule has 2 unspecified atom stereocenters. The first-order valence-electron chi connectivity index (χ1n) is 8.15. The molecule has 0 bridgehead atoms. The van der Waals surface area contributed by atoms with Crippen LogP contribution < -0.4 is 5.32 Å². The third kappa shape index (κ3) is 4.45. The molecule has 0 radical (unpaired) electrons. The summed E-state index contributed by atoms with van der Waals surface area (Å²) in [7, 11) is 0. The van der Waals surface area contributed by atoms with Crippen LogP contribution in [0.2, 0.25) is 0 Å². The Morgan fingerprint density at radius 3 is 2.68 bits per heavy atom. The van der Waals surface area contributed by atoms with Gasteiger partial charge in [-0.3, -0.25) is 14.4 Å². The first kappa shape index (κ1) is 19.1. The van der Waals surface area contributed by atoms with Crippen molar-refractivity contribution in [3.63, 3.8) is 0 Å². The molecule has 1 aliphatic heterocycles. The van der Waals surface area contributed by atoms with E-state index in [0.29, 0.717) is 18.7 Å². The van der Waals surface area contributed by atoms with E-state index in [2.05, 4.69) is 5.32 Å². The zero-order valence-electron chi connectivity index (χ0n) is 14.2. The van der Waals surface area contributed by atoms with Gasteiger partial charge in [0.25, 0.3) is 5.91 Å². The highest BCUT2D eigenvalue weighted by atomic mass is 32.2. The van der Waals surface area contributed by atoms with E-state index in [9.17, 15) is 24.6 Å². The number of rotatable bonds is 5. The zero-order chi connectivity index (χ0) is 18.6. The van der Waals surface area contributed by atoms with Crippen LogP contribution in [0, 0.1) is 0 Å². The summed E-state index contributed by atoms with van der Waals surface area (Å²) in [6, 6.07) is 2.44. The maximum absolute atomic E-state index is 12.6. The monoisotopic (exact) mass is 366 g/mol. The molecule has 8 heteroatoms. The first-order valence-corrected chi connectivity index (χ1v) is 9.13. The molecule has 0 aliphatic carbocycles. The van der Waals surface area contributed by atoms with Crippen LogP contribution in [0.3, 0.4) is 0 Å². The van der Waals surface area contributed by atoms with Crippen LogP contribution in [0.5, 0.6) is 11.5 Å². The number of carbonyl (C=O) groups is 3. The van der Waals surface area contributed by atoms with Gasteiger partial charge in [0.1, 0.15) is 12.1 Å². The maximum Gasteiger partial charge on any atom is 0.252 e. The van der Waals surface area contributed by atoms with Gasteiger partial charge in [-0.15, -0.1) is 0 Å². The van der Waals surface area contributed by atoms with Crippen molar-refractivity contribution in [1.29, 1.82) is 0 Å². The molecule has 2 rings (SSSR count). The number of thioether (sulfide) groups is 1. The Hall–Kier alpha value is -2.22. The predicted octanol–water partition coefficient (Wildman–Crippen LogP) is 1.49. The molecule has 7 nitrogen and oxygen atoms in total. The number of hydrogen-bond donors (Lipinski definition) is 3. The van der Waals surface area contributed by atoms with Crippen molar-refractivity contribution in [2.75, 3.05) is 12.3 Å². The minimum atomic E-state index is -0.802. The molecule has 0 aromatic heterocycles. The third-order valence-corrected chi connectivity index (χ3v) is 4.90. The second-order valence-corrected chi connectivity index (χ2v) is 7.11. The number of hydrogen-bond acceptors (Lipinski definition) is 6. The van der Waals surface area contributed by atoms with Crippen LogP contribution >= 0.6 is 11.8 Å². The van der Waals surface area contributed by atoms with Crippen LogP contribution in [-0.4, -0.2) is 56.4 Å². The quantitative estimate of drug-likeness (QED) is 0.682. The zero-order valence-corrected chi connectivity index (χ0v) is 15.0. The van der Waals surface area contributed by atoms with Crippen LogP contribution in [0.25, 0.3) is 0 Å². The highest BCUT2D eigenvalue weighted by Gasteiger charge is 2.36. The molecular weight excluding hydrogens is 344 g/mol. The van der Waals surface area contributed by atoms with Gasteiger partial charge in [-0.1, -0.05) is 18.7 Å². The number of likely N-dealkylation sites (tertiary alicyclic amines) is 1. The van der Waals surface area contributed by atoms with E-state index in [1.54, 1.807) is 6.92 Å². The highest BCUT2D eigenvalue weighted by Crippen LogP contribution is 2.25. The Bertz CT molecular complexity index is 679. The number of nitrogens with one attached hydrogen (secondary N) is 1. The van der Waals surface area contributed by atoms with E-state index in [4.69, 9.17) is 0 Å². The van der Waals surface area contributed by atoms with Crippen LogP contribution in [-0.2, 0) is 9.59 Å². The van der Waals surface area contributed by atoms with E-state index in [-0.39, 0.29) is 22.3 Å². The summed E-state index contributed by atoms with van der Waals surface area (Å²) in [6.07, 6.45) is 1.41. The molecule has 1 fully saturated rings. The highest BCUT2D eigenvalue weighted by molar-refractivity contribution is 8.13. The molecule has 1 aliphatic rings. The lowest BCUT2D eigenvalue weighted by Crippen LogP contribution is -2.50. The Balaban J connectivity index is 2.02. The standard InChI is InChI=1S/C17H22N2O5S/c1-3-25-17(24)12-5-4-8-19(12)16(23)10(2)18-15(22)11-6-7-13(20)14(21)9-11/h6-7,9-10,12,20-21H,3-5,8H2,1-2H3,(H,18,22). The van der Waals surface area contributed by atoms with Crippen molar-refractivity contribution in [2.45, 2.75) is 38.8 Å². The number of amides is 2. The van der Waals surface area contributed by atoms with Gasteiger partial charge >= 0.3 is 0 Å². The van der Waals surface area contributed by atoms with E-state index in [1.165, 1.54) is 28.8 Å². The SMILES string of the molecule is CCSC(=O)C1CCCN1C(=O)C(C)NC(=O)c1ccc(O)c(O)c1. The molecule has 25 heavy (non-hydrogen) atoms. The molecular formula is C17H22N2O5S. The lowest BCUT2D eigenvalue weighted by atomic mass is 10.1. The summed E-state index contributed by atoms with van der Waals surface area (Å²) in [5.74, 6) is -0.917. The normalized spacial score (nSPS) is 18.0. The van der Waals surface area contributed by atoms with Crippen LogP contribution in [0.15, 0.2) is 18.2 Å². The number of aromatic hydroxyl groups is 2. The fourth-order valence-electron chi connectivity index (χ4n) is 2.77. The van der Waals surface area contributed by atoms with Gasteiger partial charge in [-0.05, 0) is 43.7 Å². The van der Waals surface area contributed by atoms with Crippen LogP contribution in [0.4, 0.5) is 0 Å². The number of benzene rings is 1. The van der Waals surface area contributed by atoms with Crippen molar-refractivity contribution in [1.82, 2.24) is 10.2 Å². The van der Waals surface area contributed by atoms with Gasteiger partial charge in [-0.2, -0.15) is 0 Å². The third-order valence-electron chi connectivity index (χ3n) is 4.05. The molecule has 3 N–H and O–H groups in total. The minimum absolute atomic E-state index is 0.0182. The molecule has 1 saturated heterocycles. The summed E-state index contributed by atoms with van der Waals surface area (Å²) >= 11 is 1.20. The first-order chi connectivity index (χ1) is 11.8. The van der Waals surface area contributed by atoms with Gasteiger partial charge in [0.15, 0.2) is 11.5 Å². The van der Waals surface area contributed by atoms with Crippen molar-refractivity contribution in [2.24, 2.45) is 0 Å². The van der Waals surface area contributed by atoms with Gasteiger partial charge in [0, 0.05) is 12.1 Å². The lowest BCUT2D eigenvalue weighted by Gasteiger charge is -2.26. The summed E-state index contributed by atoms with van der Waals surface area (Å²) in [5, 5.41) is 21.3. The summed E-state index contributed by atoms with van der Waals surface area (Å²) in [4.78, 5) is 38.5.